The van der Waals surface area contributed by atoms with E-state index in [1.165, 1.54) is 23.2 Å². The molecule has 0 saturated carbocycles. The Hall–Kier alpha value is -2.27. The molecule has 20 heavy (non-hydrogen) atoms. The molecule has 0 aliphatic carbocycles. The third kappa shape index (κ3) is 1.96. The Kier molecular flexibility index (Phi) is 2.99. The maximum atomic E-state index is 12.6. The molecule has 3 rings (SSSR count). The highest BCUT2D eigenvalue weighted by Crippen LogP contribution is 2.23. The van der Waals surface area contributed by atoms with Crippen molar-refractivity contribution in [1.29, 1.82) is 0 Å². The first kappa shape index (κ1) is 12.7. The first-order chi connectivity index (χ1) is 9.63. The molecule has 2 aromatic carbocycles. The number of ether oxygens (including phenoxy) is 1. The van der Waals surface area contributed by atoms with E-state index in [0.29, 0.717) is 11.3 Å². The van der Waals surface area contributed by atoms with Crippen LogP contribution >= 0.6 is 0 Å². The van der Waals surface area contributed by atoms with Crippen molar-refractivity contribution in [3.63, 3.8) is 0 Å². The van der Waals surface area contributed by atoms with Crippen LogP contribution in [0.15, 0.2) is 59.5 Å². The van der Waals surface area contributed by atoms with Crippen LogP contribution in [0.25, 0.3) is 10.9 Å². The first-order valence-corrected chi connectivity index (χ1v) is 7.45. The summed E-state index contributed by atoms with van der Waals surface area (Å²) in [5.41, 5.74) is 0.614. The van der Waals surface area contributed by atoms with E-state index in [1.54, 1.807) is 30.3 Å². The van der Waals surface area contributed by atoms with Crippen LogP contribution in [-0.4, -0.2) is 19.5 Å². The molecule has 1 radical (unpaired) electrons. The van der Waals surface area contributed by atoms with E-state index in [1.807, 2.05) is 12.1 Å². The zero-order valence-corrected chi connectivity index (χ0v) is 11.6. The Bertz CT molecular complexity index is 848. The summed E-state index contributed by atoms with van der Waals surface area (Å²) in [6, 6.07) is 15.2. The predicted octanol–water partition coefficient (Wildman–Crippen LogP) is 2.69. The number of rotatable bonds is 3. The highest BCUT2D eigenvalue weighted by molar-refractivity contribution is 7.90. The number of fused-ring (bicyclic) bond motifs is 1. The quantitative estimate of drug-likeness (QED) is 0.743. The summed E-state index contributed by atoms with van der Waals surface area (Å²) in [7, 11) is -2.10. The second kappa shape index (κ2) is 4.68. The monoisotopic (exact) mass is 286 g/mol. The van der Waals surface area contributed by atoms with Gasteiger partial charge in [-0.3, -0.25) is 0 Å². The molecule has 0 fully saturated rings. The van der Waals surface area contributed by atoms with Crippen LogP contribution in [0, 0.1) is 6.20 Å². The van der Waals surface area contributed by atoms with E-state index in [4.69, 9.17) is 4.74 Å². The fourth-order valence-electron chi connectivity index (χ4n) is 2.04. The van der Waals surface area contributed by atoms with Gasteiger partial charge in [0.2, 0.25) is 0 Å². The molecule has 4 nitrogen and oxygen atoms in total. The largest absolute Gasteiger partial charge is 0.497 e. The topological polar surface area (TPSA) is 48.3 Å². The number of benzene rings is 2. The lowest BCUT2D eigenvalue weighted by atomic mass is 10.3. The second-order valence-electron chi connectivity index (χ2n) is 4.28. The van der Waals surface area contributed by atoms with Gasteiger partial charge >= 0.3 is 0 Å². The van der Waals surface area contributed by atoms with Gasteiger partial charge < -0.3 is 4.74 Å². The molecular weight excluding hydrogens is 274 g/mol. The maximum absolute atomic E-state index is 12.6. The lowest BCUT2D eigenvalue weighted by molar-refractivity contribution is 0.414. The fourth-order valence-corrected chi connectivity index (χ4v) is 3.35. The molecule has 0 amide bonds. The zero-order chi connectivity index (χ0) is 14.2. The minimum Gasteiger partial charge on any atom is -0.497 e. The number of nitrogens with zero attached hydrogens (tertiary/aromatic N) is 1. The van der Waals surface area contributed by atoms with Gasteiger partial charge in [-0.05, 0) is 36.4 Å². The summed E-state index contributed by atoms with van der Waals surface area (Å²) in [5.74, 6) is 0.616. The normalized spacial score (nSPS) is 11.7. The lowest BCUT2D eigenvalue weighted by Crippen LogP contribution is -2.11. The first-order valence-electron chi connectivity index (χ1n) is 6.01. The van der Waals surface area contributed by atoms with Crippen molar-refractivity contribution in [3.05, 3.63) is 60.8 Å². The molecule has 0 unspecified atom stereocenters. The number of hydrogen-bond acceptors (Lipinski definition) is 3. The Morgan fingerprint density at radius 3 is 2.45 bits per heavy atom. The average Bonchev–Trinajstić information content (AvgIpc) is 2.92. The Morgan fingerprint density at radius 1 is 1.05 bits per heavy atom. The number of aromatic nitrogens is 1. The maximum Gasteiger partial charge on any atom is 0.268 e. The van der Waals surface area contributed by atoms with Gasteiger partial charge in [-0.2, -0.15) is 0 Å². The van der Waals surface area contributed by atoms with E-state index in [0.717, 1.165) is 5.39 Å². The van der Waals surface area contributed by atoms with Gasteiger partial charge in [0.1, 0.15) is 5.75 Å². The van der Waals surface area contributed by atoms with E-state index in [2.05, 4.69) is 6.20 Å². The van der Waals surface area contributed by atoms with Crippen molar-refractivity contribution in [2.24, 2.45) is 0 Å². The fraction of sp³-hybridized carbons (Fsp3) is 0.0667. The van der Waals surface area contributed by atoms with Crippen LogP contribution in [0.4, 0.5) is 0 Å². The molecule has 5 heteroatoms. The van der Waals surface area contributed by atoms with Gasteiger partial charge in [-0.25, -0.2) is 12.4 Å². The van der Waals surface area contributed by atoms with Crippen molar-refractivity contribution in [2.75, 3.05) is 7.11 Å². The molecule has 0 bridgehead atoms. The minimum absolute atomic E-state index is 0.205. The summed E-state index contributed by atoms with van der Waals surface area (Å²) in [6.45, 7) is 0. The molecule has 0 aliphatic rings. The van der Waals surface area contributed by atoms with E-state index in [-0.39, 0.29) is 4.90 Å². The van der Waals surface area contributed by atoms with Crippen LogP contribution in [0.2, 0.25) is 0 Å². The lowest BCUT2D eigenvalue weighted by Gasteiger charge is -2.07. The van der Waals surface area contributed by atoms with Gasteiger partial charge in [0.05, 0.1) is 23.7 Å². The highest BCUT2D eigenvalue weighted by Gasteiger charge is 2.18. The SMILES string of the molecule is COc1ccc(S(=O)(=O)n2[c]cc3ccccc32)cc1. The predicted molar refractivity (Wildman–Crippen MR) is 76.4 cm³/mol. The van der Waals surface area contributed by atoms with Crippen molar-refractivity contribution >= 4 is 20.9 Å². The van der Waals surface area contributed by atoms with Crippen LogP contribution in [-0.2, 0) is 10.0 Å². The third-order valence-electron chi connectivity index (χ3n) is 3.09. The Labute approximate surface area is 117 Å². The molecule has 1 heterocycles. The summed E-state index contributed by atoms with van der Waals surface area (Å²) in [5, 5.41) is 0.838. The standard InChI is InChI=1S/C15H12NO3S/c1-19-13-6-8-14(9-7-13)20(17,18)16-11-10-12-4-2-3-5-15(12)16/h2-10H,1H3. The third-order valence-corrected chi connectivity index (χ3v) is 4.74. The second-order valence-corrected chi connectivity index (χ2v) is 6.06. The number of methoxy groups -OCH3 is 1. The van der Waals surface area contributed by atoms with Crippen LogP contribution in [0.3, 0.4) is 0 Å². The highest BCUT2D eigenvalue weighted by atomic mass is 32.2. The molecule has 0 atom stereocenters. The summed E-state index contributed by atoms with van der Waals surface area (Å²) in [4.78, 5) is 0.205. The van der Waals surface area contributed by atoms with Crippen molar-refractivity contribution in [2.45, 2.75) is 4.90 Å². The van der Waals surface area contributed by atoms with Crippen molar-refractivity contribution in [1.82, 2.24) is 3.97 Å². The molecule has 3 aromatic rings. The van der Waals surface area contributed by atoms with Gasteiger partial charge in [0.15, 0.2) is 0 Å². The van der Waals surface area contributed by atoms with Gasteiger partial charge in [-0.1, -0.05) is 18.2 Å². The van der Waals surface area contributed by atoms with Gasteiger partial charge in [-0.15, -0.1) is 0 Å². The molecule has 1 aromatic heterocycles. The Balaban J connectivity index is 2.15. The van der Waals surface area contributed by atoms with E-state index >= 15 is 0 Å². The minimum atomic E-state index is -3.64. The summed E-state index contributed by atoms with van der Waals surface area (Å²) >= 11 is 0. The molecule has 0 aliphatic heterocycles. The molecular formula is C15H12NO3S. The van der Waals surface area contributed by atoms with Crippen LogP contribution < -0.4 is 4.74 Å². The molecule has 0 spiro atoms. The van der Waals surface area contributed by atoms with E-state index < -0.39 is 10.0 Å². The smallest absolute Gasteiger partial charge is 0.268 e. The summed E-state index contributed by atoms with van der Waals surface area (Å²) < 4.78 is 31.4. The molecule has 0 saturated heterocycles. The van der Waals surface area contributed by atoms with E-state index in [9.17, 15) is 8.42 Å². The van der Waals surface area contributed by atoms with Crippen molar-refractivity contribution < 1.29 is 13.2 Å². The van der Waals surface area contributed by atoms with Crippen LogP contribution in [0.5, 0.6) is 5.75 Å². The molecule has 101 valence electrons. The average molecular weight is 286 g/mol. The van der Waals surface area contributed by atoms with Gasteiger partial charge in [0, 0.05) is 5.39 Å². The molecule has 0 N–H and O–H groups in total. The van der Waals surface area contributed by atoms with Gasteiger partial charge in [0.25, 0.3) is 10.0 Å². The zero-order valence-electron chi connectivity index (χ0n) is 10.8. The van der Waals surface area contributed by atoms with Crippen LogP contribution in [0.1, 0.15) is 0 Å². The number of hydrogen-bond donors (Lipinski definition) is 0. The Morgan fingerprint density at radius 2 is 1.75 bits per heavy atom. The summed E-state index contributed by atoms with van der Waals surface area (Å²) in [6.07, 6.45) is 2.78. The van der Waals surface area contributed by atoms with Crippen molar-refractivity contribution in [3.8, 4) is 5.75 Å². The number of para-hydroxylation sites is 1.